The van der Waals surface area contributed by atoms with E-state index in [1.165, 1.54) is 28.2 Å². The van der Waals surface area contributed by atoms with Gasteiger partial charge in [0.15, 0.2) is 0 Å². The third kappa shape index (κ3) is 3.58. The summed E-state index contributed by atoms with van der Waals surface area (Å²) in [6, 6.07) is 0. The van der Waals surface area contributed by atoms with Crippen LogP contribution in [0.25, 0.3) is 0 Å². The number of rotatable bonds is 7. The smallest absolute Gasteiger partial charge is 0.333 e. The fourth-order valence-corrected chi connectivity index (χ4v) is 3.06. The molecule has 122 valence electrons. The standard InChI is InChI=1S/C19H24N2O2/c1-13(2)19(22)23-11-10-21-16-4-6-17(18(21)7-5-16)20-9-8-15-12-14(15)3/h4,8,20H,1,3,5-7,9-12H2,2H3/b15-8+. The van der Waals surface area contributed by atoms with E-state index in [1.807, 2.05) is 0 Å². The molecule has 0 atom stereocenters. The van der Waals surface area contributed by atoms with Crippen LogP contribution in [0.15, 0.2) is 59.1 Å². The first-order valence-corrected chi connectivity index (χ1v) is 8.18. The molecule has 2 aliphatic heterocycles. The predicted octanol–water partition coefficient (Wildman–Crippen LogP) is 3.18. The van der Waals surface area contributed by atoms with Crippen molar-refractivity contribution in [3.63, 3.8) is 0 Å². The van der Waals surface area contributed by atoms with E-state index in [9.17, 15) is 4.79 Å². The van der Waals surface area contributed by atoms with Crippen molar-refractivity contribution in [1.82, 2.24) is 10.2 Å². The SMILES string of the molecule is C=C(C)C(=O)OCCN1C2=CCC(NC/C=C3\CC3=C)=C1CC2. The second-order valence-corrected chi connectivity index (χ2v) is 6.28. The summed E-state index contributed by atoms with van der Waals surface area (Å²) in [6.45, 7) is 11.2. The number of allylic oxidation sites excluding steroid dienone is 5. The molecule has 3 aliphatic rings. The van der Waals surface area contributed by atoms with Crippen molar-refractivity contribution in [2.75, 3.05) is 19.7 Å². The number of fused-ring (bicyclic) bond motifs is 2. The van der Waals surface area contributed by atoms with Gasteiger partial charge in [-0.25, -0.2) is 4.79 Å². The van der Waals surface area contributed by atoms with Crippen molar-refractivity contribution in [3.8, 4) is 0 Å². The second-order valence-electron chi connectivity index (χ2n) is 6.28. The molecule has 2 bridgehead atoms. The van der Waals surface area contributed by atoms with Gasteiger partial charge in [-0.2, -0.15) is 0 Å². The maximum absolute atomic E-state index is 11.5. The van der Waals surface area contributed by atoms with Crippen molar-refractivity contribution in [3.05, 3.63) is 59.1 Å². The van der Waals surface area contributed by atoms with Gasteiger partial charge in [-0.3, -0.25) is 0 Å². The Morgan fingerprint density at radius 1 is 1.48 bits per heavy atom. The lowest BCUT2D eigenvalue weighted by Gasteiger charge is -2.28. The summed E-state index contributed by atoms with van der Waals surface area (Å²) < 4.78 is 5.23. The summed E-state index contributed by atoms with van der Waals surface area (Å²) in [4.78, 5) is 13.8. The molecule has 1 N–H and O–H groups in total. The van der Waals surface area contributed by atoms with Crippen LogP contribution < -0.4 is 5.32 Å². The van der Waals surface area contributed by atoms with E-state index in [2.05, 4.69) is 35.5 Å². The fourth-order valence-electron chi connectivity index (χ4n) is 3.06. The van der Waals surface area contributed by atoms with Crippen LogP contribution in [0.5, 0.6) is 0 Å². The van der Waals surface area contributed by atoms with Crippen LogP contribution in [-0.2, 0) is 9.53 Å². The molecular formula is C19H24N2O2. The van der Waals surface area contributed by atoms with E-state index in [0.717, 1.165) is 32.2 Å². The number of nitrogens with one attached hydrogen (secondary N) is 1. The predicted molar refractivity (Wildman–Crippen MR) is 91.3 cm³/mol. The average Bonchev–Trinajstić information content (AvgIpc) is 3.14. The lowest BCUT2D eigenvalue weighted by molar-refractivity contribution is -0.139. The number of ether oxygens (including phenoxy) is 1. The van der Waals surface area contributed by atoms with Gasteiger partial charge in [0.2, 0.25) is 0 Å². The molecule has 0 unspecified atom stereocenters. The van der Waals surface area contributed by atoms with Gasteiger partial charge in [-0.1, -0.05) is 25.3 Å². The highest BCUT2D eigenvalue weighted by Gasteiger charge is 2.28. The molecule has 1 aliphatic carbocycles. The Kier molecular flexibility index (Phi) is 4.42. The first-order chi connectivity index (χ1) is 11.1. The van der Waals surface area contributed by atoms with Crippen molar-refractivity contribution < 1.29 is 9.53 Å². The van der Waals surface area contributed by atoms with Crippen molar-refractivity contribution in [1.29, 1.82) is 0 Å². The molecular weight excluding hydrogens is 288 g/mol. The summed E-state index contributed by atoms with van der Waals surface area (Å²) in [5, 5.41) is 3.54. The molecule has 0 spiro atoms. The quantitative estimate of drug-likeness (QED) is 0.579. The Morgan fingerprint density at radius 3 is 2.96 bits per heavy atom. The topological polar surface area (TPSA) is 41.6 Å². The third-order valence-electron chi connectivity index (χ3n) is 4.47. The zero-order valence-electron chi connectivity index (χ0n) is 13.8. The first kappa shape index (κ1) is 15.7. The molecule has 0 radical (unpaired) electrons. The molecule has 0 aromatic carbocycles. The van der Waals surface area contributed by atoms with Crippen LogP contribution in [0.1, 0.15) is 32.6 Å². The molecule has 4 nitrogen and oxygen atoms in total. The highest BCUT2D eigenvalue weighted by molar-refractivity contribution is 5.86. The summed E-state index contributed by atoms with van der Waals surface area (Å²) in [5.74, 6) is -0.313. The number of carbonyl (C=O) groups is 1. The van der Waals surface area contributed by atoms with Crippen LogP contribution in [-0.4, -0.2) is 30.6 Å². The Balaban J connectivity index is 1.56. The van der Waals surface area contributed by atoms with Gasteiger partial charge in [0.25, 0.3) is 0 Å². The maximum Gasteiger partial charge on any atom is 0.333 e. The van der Waals surface area contributed by atoms with Crippen LogP contribution in [0.2, 0.25) is 0 Å². The number of hydrogen-bond acceptors (Lipinski definition) is 4. The van der Waals surface area contributed by atoms with Crippen molar-refractivity contribution in [2.45, 2.75) is 32.6 Å². The van der Waals surface area contributed by atoms with Gasteiger partial charge >= 0.3 is 5.97 Å². The Labute approximate surface area is 137 Å². The van der Waals surface area contributed by atoms with E-state index in [4.69, 9.17) is 4.74 Å². The van der Waals surface area contributed by atoms with E-state index >= 15 is 0 Å². The molecule has 0 aromatic heterocycles. The number of hydrogen-bond donors (Lipinski definition) is 1. The zero-order valence-corrected chi connectivity index (χ0v) is 13.8. The average molecular weight is 312 g/mol. The van der Waals surface area contributed by atoms with Crippen LogP contribution in [0.4, 0.5) is 0 Å². The Bertz CT molecular complexity index is 652. The minimum absolute atomic E-state index is 0.313. The summed E-state index contributed by atoms with van der Waals surface area (Å²) in [6.07, 6.45) is 8.68. The molecule has 1 saturated heterocycles. The molecule has 1 saturated carbocycles. The number of esters is 1. The van der Waals surface area contributed by atoms with Gasteiger partial charge in [-0.05, 0) is 37.3 Å². The number of carbonyl (C=O) groups excluding carboxylic acids is 1. The van der Waals surface area contributed by atoms with Crippen LogP contribution >= 0.6 is 0 Å². The van der Waals surface area contributed by atoms with Crippen molar-refractivity contribution in [2.24, 2.45) is 0 Å². The lowest BCUT2D eigenvalue weighted by atomic mass is 10.2. The molecule has 0 amide bonds. The van der Waals surface area contributed by atoms with Crippen LogP contribution in [0.3, 0.4) is 0 Å². The lowest BCUT2D eigenvalue weighted by Crippen LogP contribution is -2.29. The van der Waals surface area contributed by atoms with Gasteiger partial charge in [0, 0.05) is 35.6 Å². The van der Waals surface area contributed by atoms with Crippen LogP contribution in [0, 0.1) is 0 Å². The zero-order chi connectivity index (χ0) is 16.4. The van der Waals surface area contributed by atoms with Gasteiger partial charge in [0.1, 0.15) is 6.61 Å². The van der Waals surface area contributed by atoms with E-state index in [-0.39, 0.29) is 5.97 Å². The third-order valence-corrected chi connectivity index (χ3v) is 4.47. The Morgan fingerprint density at radius 2 is 2.26 bits per heavy atom. The fraction of sp³-hybridized carbons (Fsp3) is 0.421. The molecule has 0 aromatic rings. The summed E-state index contributed by atoms with van der Waals surface area (Å²) in [5.41, 5.74) is 7.08. The summed E-state index contributed by atoms with van der Waals surface area (Å²) >= 11 is 0. The molecule has 3 rings (SSSR count). The Hall–Kier alpha value is -2.23. The van der Waals surface area contributed by atoms with Gasteiger partial charge in [-0.15, -0.1) is 0 Å². The van der Waals surface area contributed by atoms with Gasteiger partial charge < -0.3 is 15.0 Å². The first-order valence-electron chi connectivity index (χ1n) is 8.18. The highest BCUT2D eigenvalue weighted by Crippen LogP contribution is 2.37. The minimum atomic E-state index is -0.313. The minimum Gasteiger partial charge on any atom is -0.460 e. The largest absolute Gasteiger partial charge is 0.460 e. The monoisotopic (exact) mass is 312 g/mol. The molecule has 2 heterocycles. The molecule has 2 fully saturated rings. The second kappa shape index (κ2) is 6.49. The van der Waals surface area contributed by atoms with E-state index < -0.39 is 0 Å². The normalized spacial score (nSPS) is 20.7. The van der Waals surface area contributed by atoms with E-state index in [0.29, 0.717) is 18.7 Å². The van der Waals surface area contributed by atoms with Crippen molar-refractivity contribution >= 4 is 5.97 Å². The summed E-state index contributed by atoms with van der Waals surface area (Å²) in [7, 11) is 0. The number of nitrogens with zero attached hydrogens (tertiary/aromatic N) is 1. The van der Waals surface area contributed by atoms with Gasteiger partial charge in [0.05, 0.1) is 6.54 Å². The van der Waals surface area contributed by atoms with E-state index in [1.54, 1.807) is 6.92 Å². The maximum atomic E-state index is 11.5. The molecule has 4 heteroatoms. The highest BCUT2D eigenvalue weighted by atomic mass is 16.5. The molecule has 23 heavy (non-hydrogen) atoms.